The van der Waals surface area contributed by atoms with Gasteiger partial charge in [0.05, 0.1) is 31.4 Å². The number of quaternary nitrogens is 1. The molecule has 2 heterocycles. The van der Waals surface area contributed by atoms with Gasteiger partial charge < -0.3 is 25.3 Å². The fourth-order valence-electron chi connectivity index (χ4n) is 4.60. The Morgan fingerprint density at radius 1 is 1.12 bits per heavy atom. The van der Waals surface area contributed by atoms with Gasteiger partial charge in [-0.2, -0.15) is 5.17 Å². The van der Waals surface area contributed by atoms with Gasteiger partial charge >= 0.3 is 11.9 Å². The Bertz CT molecular complexity index is 1470. The summed E-state index contributed by atoms with van der Waals surface area (Å²) < 4.78 is 4.95. The molecule has 2 aliphatic rings. The topological polar surface area (TPSA) is 136 Å². The van der Waals surface area contributed by atoms with Crippen molar-refractivity contribution in [3.8, 4) is 11.8 Å². The molecule has 0 saturated heterocycles. The van der Waals surface area contributed by atoms with E-state index in [9.17, 15) is 19.6 Å². The van der Waals surface area contributed by atoms with Gasteiger partial charge in [0.1, 0.15) is 5.71 Å². The number of nitrogens with zero attached hydrogens (tertiary/aromatic N) is 2. The summed E-state index contributed by atoms with van der Waals surface area (Å²) in [5.41, 5.74) is 5.86. The van der Waals surface area contributed by atoms with Crippen LogP contribution in [0.1, 0.15) is 47.9 Å². The number of hydrogen-bond acceptors (Lipinski definition) is 8. The van der Waals surface area contributed by atoms with Crippen LogP contribution in [0.5, 0.6) is 0 Å². The molecule has 4 rings (SSSR count). The lowest BCUT2D eigenvalue weighted by Gasteiger charge is -2.27. The maximum absolute atomic E-state index is 13.3. The number of carbonyl (C=O) groups excluding carboxylic acids is 3. The SMILES string of the molecule is COC(=O)C1=CN(c2c(C)cc(C#CCCO)cc2C)C=C(C(=O)Nc2ccc(C3=N[NH+]([O-])C(=O)CC3)cc2)C1. The first-order valence-electron chi connectivity index (χ1n) is 12.8. The molecule has 0 fully saturated rings. The molecule has 0 saturated carbocycles. The van der Waals surface area contributed by atoms with E-state index in [2.05, 4.69) is 22.3 Å². The number of ether oxygens (including phenoxy) is 1. The number of carbonyl (C=O) groups is 3. The molecule has 0 spiro atoms. The van der Waals surface area contributed by atoms with E-state index in [-0.39, 0.29) is 25.4 Å². The van der Waals surface area contributed by atoms with Gasteiger partial charge in [0.25, 0.3) is 5.91 Å². The molecule has 1 unspecified atom stereocenters. The standard InChI is InChI=1S/C30H30N4O6/c1-19-14-21(6-4-5-13-35)15-20(2)28(19)33-17-23(16-24(18-33)30(38)40-3)29(37)31-25-9-7-22(8-10-25)26-11-12-27(36)34(39)32-26/h7-10,14-15,17-18,34-35H,5,11-13,16H2,1-3H3,(H,31,37). The van der Waals surface area contributed by atoms with Crippen LogP contribution >= 0.6 is 0 Å². The van der Waals surface area contributed by atoms with Crippen molar-refractivity contribution in [3.05, 3.63) is 87.4 Å². The zero-order chi connectivity index (χ0) is 28.8. The normalized spacial score (nSPS) is 16.7. The van der Waals surface area contributed by atoms with Gasteiger partial charge in [-0.15, -0.1) is 0 Å². The second kappa shape index (κ2) is 12.5. The number of methoxy groups -OCH3 is 1. The van der Waals surface area contributed by atoms with E-state index in [4.69, 9.17) is 9.84 Å². The van der Waals surface area contributed by atoms with Gasteiger partial charge in [-0.3, -0.25) is 4.79 Å². The van der Waals surface area contributed by atoms with Crippen LogP contribution in [0.4, 0.5) is 11.4 Å². The number of aryl methyl sites for hydroxylation is 2. The van der Waals surface area contributed by atoms with E-state index in [1.807, 2.05) is 26.0 Å². The number of rotatable bonds is 6. The first-order valence-corrected chi connectivity index (χ1v) is 12.8. The number of esters is 1. The molecule has 10 nitrogen and oxygen atoms in total. The number of aliphatic hydroxyl groups excluding tert-OH is 1. The second-order valence-electron chi connectivity index (χ2n) is 9.44. The molecule has 3 N–H and O–H groups in total. The van der Waals surface area contributed by atoms with Crippen LogP contribution in [-0.2, 0) is 19.1 Å². The highest BCUT2D eigenvalue weighted by molar-refractivity contribution is 6.07. The summed E-state index contributed by atoms with van der Waals surface area (Å²) >= 11 is 0. The maximum Gasteiger partial charge on any atom is 0.338 e. The number of nitrogens with one attached hydrogen (secondary N) is 2. The predicted octanol–water partition coefficient (Wildman–Crippen LogP) is 2.23. The first kappa shape index (κ1) is 28.4. The van der Waals surface area contributed by atoms with Gasteiger partial charge in [-0.05, 0) is 49.2 Å². The van der Waals surface area contributed by atoms with Crippen molar-refractivity contribution in [1.29, 1.82) is 0 Å². The number of anilines is 2. The summed E-state index contributed by atoms with van der Waals surface area (Å²) in [7, 11) is 1.30. The van der Waals surface area contributed by atoms with Crippen LogP contribution in [0.2, 0.25) is 0 Å². The zero-order valence-electron chi connectivity index (χ0n) is 22.5. The number of benzene rings is 2. The van der Waals surface area contributed by atoms with E-state index in [1.165, 1.54) is 7.11 Å². The van der Waals surface area contributed by atoms with Crippen LogP contribution in [0.15, 0.2) is 65.0 Å². The van der Waals surface area contributed by atoms with Crippen LogP contribution < -0.4 is 15.4 Å². The maximum atomic E-state index is 13.3. The molecule has 0 aliphatic carbocycles. The quantitative estimate of drug-likeness (QED) is 0.289. The first-order chi connectivity index (χ1) is 19.2. The summed E-state index contributed by atoms with van der Waals surface area (Å²) in [5, 5.41) is 26.6. The van der Waals surface area contributed by atoms with E-state index < -0.39 is 17.0 Å². The van der Waals surface area contributed by atoms with Crippen LogP contribution in [-0.4, -0.2) is 42.3 Å². The number of hydrogen-bond donors (Lipinski definition) is 3. The highest BCUT2D eigenvalue weighted by Crippen LogP contribution is 2.32. The molecule has 2 aromatic carbocycles. The predicted molar refractivity (Wildman–Crippen MR) is 150 cm³/mol. The Balaban J connectivity index is 1.58. The second-order valence-corrected chi connectivity index (χ2v) is 9.44. The van der Waals surface area contributed by atoms with Crippen molar-refractivity contribution < 1.29 is 29.4 Å². The molecule has 0 radical (unpaired) electrons. The molecule has 2 aliphatic heterocycles. The minimum atomic E-state index is -0.739. The van der Waals surface area contributed by atoms with Crippen molar-refractivity contribution >= 4 is 34.9 Å². The zero-order valence-corrected chi connectivity index (χ0v) is 22.5. The molecule has 1 atom stereocenters. The fourth-order valence-corrected chi connectivity index (χ4v) is 4.60. The van der Waals surface area contributed by atoms with Crippen molar-refractivity contribution in [2.24, 2.45) is 5.10 Å². The van der Waals surface area contributed by atoms with Crippen molar-refractivity contribution in [3.63, 3.8) is 0 Å². The number of aliphatic hydroxyl groups is 1. The van der Waals surface area contributed by atoms with Gasteiger partial charge in [0, 0.05) is 54.0 Å². The summed E-state index contributed by atoms with van der Waals surface area (Å²) in [4.78, 5) is 39.0. The minimum absolute atomic E-state index is 0.00380. The molecule has 40 heavy (non-hydrogen) atoms. The summed E-state index contributed by atoms with van der Waals surface area (Å²) in [5.74, 6) is 4.55. The monoisotopic (exact) mass is 542 g/mol. The third kappa shape index (κ3) is 6.52. The Hall–Kier alpha value is -4.56. The molecular weight excluding hydrogens is 512 g/mol. The highest BCUT2D eigenvalue weighted by Gasteiger charge is 2.25. The number of amides is 2. The van der Waals surface area contributed by atoms with E-state index in [0.717, 1.165) is 22.4 Å². The van der Waals surface area contributed by atoms with E-state index >= 15 is 0 Å². The van der Waals surface area contributed by atoms with Crippen molar-refractivity contribution in [2.45, 2.75) is 39.5 Å². The summed E-state index contributed by atoms with van der Waals surface area (Å²) in [6, 6.07) is 10.7. The lowest BCUT2D eigenvalue weighted by molar-refractivity contribution is -0.773. The van der Waals surface area contributed by atoms with E-state index in [1.54, 1.807) is 41.6 Å². The molecule has 10 heteroatoms. The summed E-state index contributed by atoms with van der Waals surface area (Å²) in [6.07, 6.45) is 4.36. The van der Waals surface area contributed by atoms with Gasteiger partial charge in [0.15, 0.2) is 0 Å². The van der Waals surface area contributed by atoms with Crippen molar-refractivity contribution in [2.75, 3.05) is 23.9 Å². The lowest BCUT2D eigenvalue weighted by Crippen LogP contribution is -3.06. The van der Waals surface area contributed by atoms with Crippen LogP contribution in [0.25, 0.3) is 0 Å². The van der Waals surface area contributed by atoms with Gasteiger partial charge in [-0.25, -0.2) is 9.59 Å². The Morgan fingerprint density at radius 3 is 2.42 bits per heavy atom. The Morgan fingerprint density at radius 2 is 1.80 bits per heavy atom. The molecule has 0 aromatic heterocycles. The van der Waals surface area contributed by atoms with Gasteiger partial charge in [-0.1, -0.05) is 29.1 Å². The average Bonchev–Trinajstić information content (AvgIpc) is 2.94. The third-order valence-electron chi connectivity index (χ3n) is 6.47. The summed E-state index contributed by atoms with van der Waals surface area (Å²) in [6.45, 7) is 3.85. The average molecular weight is 543 g/mol. The van der Waals surface area contributed by atoms with Crippen LogP contribution in [0, 0.1) is 30.9 Å². The molecular formula is C30H30N4O6. The van der Waals surface area contributed by atoms with Crippen molar-refractivity contribution in [1.82, 2.24) is 0 Å². The van der Waals surface area contributed by atoms with E-state index in [0.29, 0.717) is 41.0 Å². The highest BCUT2D eigenvalue weighted by atomic mass is 16.5. The van der Waals surface area contributed by atoms with Gasteiger partial charge in [0.2, 0.25) is 0 Å². The molecule has 0 bridgehead atoms. The lowest BCUT2D eigenvalue weighted by atomic mass is 9.99. The number of hydroxylamine groups is 1. The smallest absolute Gasteiger partial charge is 0.338 e. The molecule has 206 valence electrons. The molecule has 2 aromatic rings. The fraction of sp³-hybridized carbons (Fsp3) is 0.267. The minimum Gasteiger partial charge on any atom is -0.599 e. The largest absolute Gasteiger partial charge is 0.599 e. The van der Waals surface area contributed by atoms with Crippen LogP contribution in [0.3, 0.4) is 0 Å². The molecule has 2 amide bonds. The Kier molecular flexibility index (Phi) is 8.91. The third-order valence-corrected chi connectivity index (χ3v) is 6.47. The Labute approximate surface area is 232 Å².